The van der Waals surface area contributed by atoms with Gasteiger partial charge in [-0.05, 0) is 24.5 Å². The lowest BCUT2D eigenvalue weighted by Crippen LogP contribution is -2.36. The molecule has 1 rings (SSSR count). The molecule has 0 radical (unpaired) electrons. The van der Waals surface area contributed by atoms with Crippen LogP contribution in [0.2, 0.25) is 10.0 Å². The number of hydrogen-bond donors (Lipinski definition) is 2. The Morgan fingerprint density at radius 2 is 1.89 bits per heavy atom. The molecule has 4 heteroatoms. The van der Waals surface area contributed by atoms with Crippen LogP contribution in [0.3, 0.4) is 0 Å². The van der Waals surface area contributed by atoms with E-state index in [1.165, 1.54) is 32.1 Å². The van der Waals surface area contributed by atoms with E-state index in [2.05, 4.69) is 12.3 Å². The van der Waals surface area contributed by atoms with E-state index in [4.69, 9.17) is 29.0 Å². The third-order valence-corrected chi connectivity index (χ3v) is 4.25. The Kier molecular flexibility index (Phi) is 8.47. The van der Waals surface area contributed by atoms with E-state index in [9.17, 15) is 0 Å². The zero-order valence-electron chi connectivity index (χ0n) is 11.6. The molecule has 2 nitrogen and oxygen atoms in total. The van der Waals surface area contributed by atoms with Gasteiger partial charge in [-0.1, -0.05) is 74.4 Å². The van der Waals surface area contributed by atoms with Crippen LogP contribution in [-0.2, 0) is 6.42 Å². The van der Waals surface area contributed by atoms with Gasteiger partial charge in [0, 0.05) is 6.04 Å². The summed E-state index contributed by atoms with van der Waals surface area (Å²) in [5, 5.41) is 1.26. The first-order valence-corrected chi connectivity index (χ1v) is 7.83. The first-order chi connectivity index (χ1) is 9.19. The standard InChI is InChI=1S/C15H24Cl2N2/c1-2-3-4-5-6-9-13(19-18)11-12-8-7-10-14(16)15(12)17/h7-8,10,13,19H,2-6,9,11,18H2,1H3. The molecule has 19 heavy (non-hydrogen) atoms. The second kappa shape index (κ2) is 9.60. The summed E-state index contributed by atoms with van der Waals surface area (Å²) in [5.41, 5.74) is 3.95. The lowest BCUT2D eigenvalue weighted by Gasteiger charge is -2.17. The lowest BCUT2D eigenvalue weighted by molar-refractivity contribution is 0.461. The van der Waals surface area contributed by atoms with Crippen LogP contribution in [-0.4, -0.2) is 6.04 Å². The molecular weight excluding hydrogens is 279 g/mol. The van der Waals surface area contributed by atoms with Gasteiger partial charge in [-0.2, -0.15) is 0 Å². The number of hydrazine groups is 1. The van der Waals surface area contributed by atoms with Crippen LogP contribution < -0.4 is 11.3 Å². The van der Waals surface area contributed by atoms with E-state index in [-0.39, 0.29) is 6.04 Å². The molecule has 0 amide bonds. The van der Waals surface area contributed by atoms with Crippen LogP contribution in [0.15, 0.2) is 18.2 Å². The summed E-state index contributed by atoms with van der Waals surface area (Å²) in [6.45, 7) is 2.23. The minimum Gasteiger partial charge on any atom is -0.271 e. The van der Waals surface area contributed by atoms with Gasteiger partial charge in [0.15, 0.2) is 0 Å². The molecule has 0 spiro atoms. The van der Waals surface area contributed by atoms with E-state index in [1.54, 1.807) is 0 Å². The molecule has 3 N–H and O–H groups in total. The number of nitrogens with one attached hydrogen (secondary N) is 1. The summed E-state index contributed by atoms with van der Waals surface area (Å²) in [7, 11) is 0. The molecule has 0 aliphatic rings. The van der Waals surface area contributed by atoms with Gasteiger partial charge in [0.05, 0.1) is 10.0 Å². The smallest absolute Gasteiger partial charge is 0.0624 e. The largest absolute Gasteiger partial charge is 0.271 e. The first kappa shape index (κ1) is 16.8. The summed E-state index contributed by atoms with van der Waals surface area (Å²) < 4.78 is 0. The van der Waals surface area contributed by atoms with Crippen molar-refractivity contribution >= 4 is 23.2 Å². The van der Waals surface area contributed by atoms with E-state index in [1.807, 2.05) is 18.2 Å². The number of benzene rings is 1. The molecule has 1 aromatic rings. The van der Waals surface area contributed by atoms with Crippen LogP contribution in [0, 0.1) is 0 Å². The van der Waals surface area contributed by atoms with Crippen LogP contribution in [0.5, 0.6) is 0 Å². The molecule has 0 heterocycles. The summed E-state index contributed by atoms with van der Waals surface area (Å²) in [6, 6.07) is 6.01. The molecule has 0 fully saturated rings. The average Bonchev–Trinajstić information content (AvgIpc) is 2.42. The van der Waals surface area contributed by atoms with Gasteiger partial charge in [-0.15, -0.1) is 0 Å². The monoisotopic (exact) mass is 302 g/mol. The third kappa shape index (κ3) is 6.13. The summed E-state index contributed by atoms with van der Waals surface area (Å²) in [4.78, 5) is 0. The van der Waals surface area contributed by atoms with Crippen LogP contribution in [0.25, 0.3) is 0 Å². The minimum atomic E-state index is 0.262. The van der Waals surface area contributed by atoms with Gasteiger partial charge in [0.25, 0.3) is 0 Å². The fourth-order valence-corrected chi connectivity index (χ4v) is 2.61. The second-order valence-corrected chi connectivity index (χ2v) is 5.77. The quantitative estimate of drug-likeness (QED) is 0.393. The topological polar surface area (TPSA) is 38.0 Å². The highest BCUT2D eigenvalue weighted by atomic mass is 35.5. The molecule has 1 aromatic carbocycles. The normalized spacial score (nSPS) is 12.6. The maximum absolute atomic E-state index is 6.20. The Morgan fingerprint density at radius 1 is 1.16 bits per heavy atom. The maximum Gasteiger partial charge on any atom is 0.0624 e. The van der Waals surface area contributed by atoms with Crippen molar-refractivity contribution in [3.05, 3.63) is 33.8 Å². The SMILES string of the molecule is CCCCCCCC(Cc1cccc(Cl)c1Cl)NN. The number of rotatable bonds is 9. The van der Waals surface area contributed by atoms with Crippen LogP contribution in [0.1, 0.15) is 51.0 Å². The van der Waals surface area contributed by atoms with E-state index >= 15 is 0 Å². The lowest BCUT2D eigenvalue weighted by atomic mass is 10.0. The first-order valence-electron chi connectivity index (χ1n) is 7.08. The highest BCUT2D eigenvalue weighted by molar-refractivity contribution is 6.42. The Labute approximate surface area is 126 Å². The molecule has 108 valence electrons. The molecule has 1 atom stereocenters. The van der Waals surface area contributed by atoms with Gasteiger partial charge in [0.2, 0.25) is 0 Å². The number of hydrogen-bond acceptors (Lipinski definition) is 2. The zero-order valence-corrected chi connectivity index (χ0v) is 13.1. The predicted octanol–water partition coefficient (Wildman–Crippen LogP) is 4.73. The summed E-state index contributed by atoms with van der Waals surface area (Å²) >= 11 is 12.2. The van der Waals surface area contributed by atoms with Gasteiger partial charge >= 0.3 is 0 Å². The minimum absolute atomic E-state index is 0.262. The Morgan fingerprint density at radius 3 is 2.58 bits per heavy atom. The fourth-order valence-electron chi connectivity index (χ4n) is 2.21. The molecule has 1 unspecified atom stereocenters. The summed E-state index contributed by atoms with van der Waals surface area (Å²) in [5.74, 6) is 5.62. The van der Waals surface area contributed by atoms with Crippen molar-refractivity contribution in [2.45, 2.75) is 57.9 Å². The molecule has 0 bridgehead atoms. The molecule has 0 aromatic heterocycles. The van der Waals surface area contributed by atoms with Crippen molar-refractivity contribution in [3.8, 4) is 0 Å². The van der Waals surface area contributed by atoms with Gasteiger partial charge < -0.3 is 0 Å². The van der Waals surface area contributed by atoms with Crippen molar-refractivity contribution in [3.63, 3.8) is 0 Å². The fraction of sp³-hybridized carbons (Fsp3) is 0.600. The number of halogens is 2. The van der Waals surface area contributed by atoms with Crippen molar-refractivity contribution in [2.24, 2.45) is 5.84 Å². The third-order valence-electron chi connectivity index (χ3n) is 3.39. The second-order valence-electron chi connectivity index (χ2n) is 4.98. The molecule has 0 saturated heterocycles. The van der Waals surface area contributed by atoms with E-state index < -0.39 is 0 Å². The Bertz CT molecular complexity index is 369. The van der Waals surface area contributed by atoms with Gasteiger partial charge in [-0.25, -0.2) is 0 Å². The number of nitrogens with two attached hydrogens (primary N) is 1. The van der Waals surface area contributed by atoms with E-state index in [0.29, 0.717) is 10.0 Å². The van der Waals surface area contributed by atoms with Crippen LogP contribution >= 0.6 is 23.2 Å². The Balaban J connectivity index is 2.41. The van der Waals surface area contributed by atoms with Gasteiger partial charge in [-0.3, -0.25) is 11.3 Å². The summed E-state index contributed by atoms with van der Waals surface area (Å²) in [6.07, 6.45) is 8.28. The zero-order chi connectivity index (χ0) is 14.1. The highest BCUT2D eigenvalue weighted by Crippen LogP contribution is 2.26. The number of unbranched alkanes of at least 4 members (excludes halogenated alkanes) is 4. The average molecular weight is 303 g/mol. The highest BCUT2D eigenvalue weighted by Gasteiger charge is 2.11. The maximum atomic E-state index is 6.20. The van der Waals surface area contributed by atoms with Gasteiger partial charge in [0.1, 0.15) is 0 Å². The Hall–Kier alpha value is -0.280. The van der Waals surface area contributed by atoms with Crippen molar-refractivity contribution in [2.75, 3.05) is 0 Å². The van der Waals surface area contributed by atoms with Crippen molar-refractivity contribution in [1.82, 2.24) is 5.43 Å². The van der Waals surface area contributed by atoms with Crippen molar-refractivity contribution in [1.29, 1.82) is 0 Å². The molecular formula is C15H24Cl2N2. The van der Waals surface area contributed by atoms with E-state index in [0.717, 1.165) is 18.4 Å². The molecule has 0 saturated carbocycles. The molecule has 0 aliphatic heterocycles. The van der Waals surface area contributed by atoms with Crippen molar-refractivity contribution < 1.29 is 0 Å². The van der Waals surface area contributed by atoms with Crippen LogP contribution in [0.4, 0.5) is 0 Å². The molecule has 0 aliphatic carbocycles. The predicted molar refractivity (Wildman–Crippen MR) is 84.7 cm³/mol.